The molecule has 2 aliphatic heterocycles. The Morgan fingerprint density at radius 2 is 1.62 bits per heavy atom. The first kappa shape index (κ1) is 28.1. The van der Waals surface area contributed by atoms with E-state index in [2.05, 4.69) is 5.32 Å². The molecule has 0 aromatic heterocycles. The summed E-state index contributed by atoms with van der Waals surface area (Å²) in [6.07, 6.45) is -5.87. The first-order chi connectivity index (χ1) is 20.6. The fourth-order valence-electron chi connectivity index (χ4n) is 5.19. The van der Waals surface area contributed by atoms with E-state index >= 15 is 4.39 Å². The Bertz CT molecular complexity index is 1470. The number of hydrogen-bond acceptors (Lipinski definition) is 6. The molecule has 1 amide bonds. The molecule has 6 rings (SSSR count). The monoisotopic (exact) mass is 569 g/mol. The second-order valence-corrected chi connectivity index (χ2v) is 10.2. The molecule has 4 aromatic rings. The van der Waals surface area contributed by atoms with Crippen molar-refractivity contribution < 1.29 is 32.9 Å². The first-order valence-electron chi connectivity index (χ1n) is 14.0. The highest BCUT2D eigenvalue weighted by molar-refractivity contribution is 5.95. The molecule has 7 nitrogen and oxygen atoms in total. The van der Waals surface area contributed by atoms with Gasteiger partial charge < -0.3 is 29.0 Å². The van der Waals surface area contributed by atoms with E-state index in [0.717, 1.165) is 22.3 Å². The van der Waals surface area contributed by atoms with Crippen LogP contribution in [0.25, 0.3) is 11.1 Å². The summed E-state index contributed by atoms with van der Waals surface area (Å²) >= 11 is 0. The standard InChI is InChI=1S/C34H32FNO6/c1-36-32(37)26-14-8-13-25(19-26)23-15-17-27(18-16-23)40-34-31(38-20-22-9-4-2-5-10-22)29(35)30-28(41-34)21-39-33(42-30)24-11-6-3-7-12-24/h2-19,28-31,33-34H,20-21H2,1H3,(H,36,37)/t28-,29+,30-,31+,33?,34+/m1/s1. The van der Waals surface area contributed by atoms with Gasteiger partial charge in [0.1, 0.15) is 18.0 Å². The third kappa shape index (κ3) is 6.22. The summed E-state index contributed by atoms with van der Waals surface area (Å²) in [5.41, 5.74) is 4.07. The van der Waals surface area contributed by atoms with Gasteiger partial charge in [-0.25, -0.2) is 4.39 Å². The van der Waals surface area contributed by atoms with Gasteiger partial charge in [0.15, 0.2) is 18.6 Å². The average Bonchev–Trinajstić information content (AvgIpc) is 3.05. The summed E-state index contributed by atoms with van der Waals surface area (Å²) in [6.45, 7) is 0.336. The maximum Gasteiger partial charge on any atom is 0.251 e. The number of fused-ring (bicyclic) bond motifs is 1. The van der Waals surface area contributed by atoms with E-state index in [-0.39, 0.29) is 19.1 Å². The zero-order valence-electron chi connectivity index (χ0n) is 23.1. The molecule has 0 radical (unpaired) electrons. The maximum absolute atomic E-state index is 16.2. The second kappa shape index (κ2) is 12.8. The zero-order valence-corrected chi connectivity index (χ0v) is 23.1. The van der Waals surface area contributed by atoms with Crippen LogP contribution in [0.2, 0.25) is 0 Å². The predicted molar refractivity (Wildman–Crippen MR) is 154 cm³/mol. The molecule has 0 bridgehead atoms. The van der Waals surface area contributed by atoms with Crippen molar-refractivity contribution >= 4 is 5.91 Å². The third-order valence-electron chi connectivity index (χ3n) is 7.41. The highest BCUT2D eigenvalue weighted by Gasteiger charge is 2.52. The second-order valence-electron chi connectivity index (χ2n) is 10.2. The maximum atomic E-state index is 16.2. The Balaban J connectivity index is 1.20. The minimum Gasteiger partial charge on any atom is -0.462 e. The van der Waals surface area contributed by atoms with Crippen LogP contribution >= 0.6 is 0 Å². The normalized spacial score (nSPS) is 25.3. The summed E-state index contributed by atoms with van der Waals surface area (Å²) in [5, 5.41) is 2.64. The van der Waals surface area contributed by atoms with E-state index in [1.165, 1.54) is 0 Å². The van der Waals surface area contributed by atoms with Crippen LogP contribution in [0.3, 0.4) is 0 Å². The lowest BCUT2D eigenvalue weighted by Crippen LogP contribution is -2.62. The van der Waals surface area contributed by atoms with Crippen molar-refractivity contribution in [2.45, 2.75) is 43.7 Å². The zero-order chi connectivity index (χ0) is 28.9. The Kier molecular flexibility index (Phi) is 8.58. The van der Waals surface area contributed by atoms with Crippen molar-refractivity contribution in [3.63, 3.8) is 0 Å². The molecular formula is C34H32FNO6. The van der Waals surface area contributed by atoms with Gasteiger partial charge in [0.05, 0.1) is 13.2 Å². The fourth-order valence-corrected chi connectivity index (χ4v) is 5.19. The van der Waals surface area contributed by atoms with Crippen LogP contribution in [0, 0.1) is 0 Å². The van der Waals surface area contributed by atoms with E-state index in [1.807, 2.05) is 91.0 Å². The van der Waals surface area contributed by atoms with Gasteiger partial charge in [-0.1, -0.05) is 84.9 Å². The lowest BCUT2D eigenvalue weighted by Gasteiger charge is -2.46. The molecule has 42 heavy (non-hydrogen) atoms. The van der Waals surface area contributed by atoms with Crippen molar-refractivity contribution in [1.29, 1.82) is 0 Å². The summed E-state index contributed by atoms with van der Waals surface area (Å²) in [5.74, 6) is 0.336. The van der Waals surface area contributed by atoms with Crippen LogP contribution in [0.5, 0.6) is 5.75 Å². The summed E-state index contributed by atoms with van der Waals surface area (Å²) < 4.78 is 46.8. The number of ether oxygens (including phenoxy) is 5. The molecule has 1 unspecified atom stereocenters. The first-order valence-corrected chi connectivity index (χ1v) is 14.0. The summed E-state index contributed by atoms with van der Waals surface area (Å²) in [4.78, 5) is 12.1. The number of hydrogen-bond donors (Lipinski definition) is 1. The van der Waals surface area contributed by atoms with Crippen molar-refractivity contribution in [2.24, 2.45) is 0 Å². The lowest BCUT2D eigenvalue weighted by molar-refractivity contribution is -0.347. The molecule has 2 fully saturated rings. The number of amides is 1. The topological polar surface area (TPSA) is 75.3 Å². The Labute approximate surface area is 244 Å². The van der Waals surface area contributed by atoms with Gasteiger partial charge >= 0.3 is 0 Å². The Morgan fingerprint density at radius 1 is 0.881 bits per heavy atom. The number of halogens is 1. The molecule has 2 heterocycles. The SMILES string of the molecule is CNC(=O)c1cccc(-c2ccc(O[C@H]3O[C@@H]4COC(c5ccccc5)O[C@H]4[C@H](F)[C@@H]3OCc3ccccc3)cc2)c1. The Morgan fingerprint density at radius 3 is 2.36 bits per heavy atom. The molecule has 0 saturated carbocycles. The van der Waals surface area contributed by atoms with Crippen LogP contribution in [-0.4, -0.2) is 50.3 Å². The van der Waals surface area contributed by atoms with Gasteiger partial charge in [0.2, 0.25) is 6.29 Å². The minimum absolute atomic E-state index is 0.149. The predicted octanol–water partition coefficient (Wildman–Crippen LogP) is 5.85. The van der Waals surface area contributed by atoms with Gasteiger partial charge in [0, 0.05) is 18.2 Å². The molecule has 8 heteroatoms. The highest BCUT2D eigenvalue weighted by Crippen LogP contribution is 2.37. The minimum atomic E-state index is -1.53. The Hall–Kier alpha value is -4.08. The van der Waals surface area contributed by atoms with Gasteiger partial charge in [-0.3, -0.25) is 4.79 Å². The fraction of sp³-hybridized carbons (Fsp3) is 0.265. The van der Waals surface area contributed by atoms with E-state index in [9.17, 15) is 4.79 Å². The van der Waals surface area contributed by atoms with E-state index in [1.54, 1.807) is 25.2 Å². The van der Waals surface area contributed by atoms with E-state index in [4.69, 9.17) is 23.7 Å². The lowest BCUT2D eigenvalue weighted by atomic mass is 9.98. The summed E-state index contributed by atoms with van der Waals surface area (Å²) in [7, 11) is 1.60. The summed E-state index contributed by atoms with van der Waals surface area (Å²) in [6, 6.07) is 33.7. The molecule has 2 aliphatic rings. The van der Waals surface area contributed by atoms with Crippen molar-refractivity contribution in [3.05, 3.63) is 126 Å². The number of carbonyl (C=O) groups is 1. The van der Waals surface area contributed by atoms with Crippen molar-refractivity contribution in [3.8, 4) is 16.9 Å². The van der Waals surface area contributed by atoms with Gasteiger partial charge in [-0.2, -0.15) is 0 Å². The molecule has 216 valence electrons. The van der Waals surface area contributed by atoms with Gasteiger partial charge in [-0.15, -0.1) is 0 Å². The molecular weight excluding hydrogens is 537 g/mol. The van der Waals surface area contributed by atoms with Crippen LogP contribution in [0.1, 0.15) is 27.8 Å². The molecule has 2 saturated heterocycles. The average molecular weight is 570 g/mol. The molecule has 4 aromatic carbocycles. The van der Waals surface area contributed by atoms with Gasteiger partial charge in [-0.05, 0) is 41.0 Å². The number of rotatable bonds is 8. The molecule has 6 atom stereocenters. The van der Waals surface area contributed by atoms with Crippen LogP contribution < -0.4 is 10.1 Å². The quantitative estimate of drug-likeness (QED) is 0.287. The van der Waals surface area contributed by atoms with Crippen LogP contribution in [-0.2, 0) is 25.6 Å². The van der Waals surface area contributed by atoms with E-state index < -0.39 is 37.1 Å². The van der Waals surface area contributed by atoms with E-state index in [0.29, 0.717) is 11.3 Å². The number of benzene rings is 4. The largest absolute Gasteiger partial charge is 0.462 e. The molecule has 0 aliphatic carbocycles. The van der Waals surface area contributed by atoms with Gasteiger partial charge in [0.25, 0.3) is 5.91 Å². The molecule has 0 spiro atoms. The third-order valence-corrected chi connectivity index (χ3v) is 7.41. The van der Waals surface area contributed by atoms with Crippen molar-refractivity contribution in [2.75, 3.05) is 13.7 Å². The smallest absolute Gasteiger partial charge is 0.251 e. The van der Waals surface area contributed by atoms with Crippen molar-refractivity contribution in [1.82, 2.24) is 5.32 Å². The molecule has 1 N–H and O–H groups in total. The number of carbonyl (C=O) groups excluding carboxylic acids is 1. The number of nitrogens with one attached hydrogen (secondary N) is 1. The number of alkyl halides is 1. The van der Waals surface area contributed by atoms with Crippen LogP contribution in [0.15, 0.2) is 109 Å². The van der Waals surface area contributed by atoms with Crippen LogP contribution in [0.4, 0.5) is 4.39 Å². The highest BCUT2D eigenvalue weighted by atomic mass is 19.1.